The lowest BCUT2D eigenvalue weighted by Crippen LogP contribution is -2.40. The molecule has 1 aliphatic heterocycles. The van der Waals surface area contributed by atoms with E-state index < -0.39 is 0 Å². The van der Waals surface area contributed by atoms with E-state index in [-0.39, 0.29) is 12.5 Å². The zero-order chi connectivity index (χ0) is 16.9. The monoisotopic (exact) mass is 345 g/mol. The standard InChI is InChI=1S/C19H23NO3S/c1-23-16-12-17(15-7-3-2-4-8-15)24-18(16)19(22)20-10-5-6-14(13-20)9-11-21/h2-4,7-8,12,14,21H,5-6,9-11,13H2,1H3. The van der Waals surface area contributed by atoms with Crippen LogP contribution in [-0.2, 0) is 0 Å². The van der Waals surface area contributed by atoms with Crippen molar-refractivity contribution in [2.24, 2.45) is 5.92 Å². The van der Waals surface area contributed by atoms with Gasteiger partial charge in [-0.2, -0.15) is 0 Å². The molecule has 128 valence electrons. The maximum atomic E-state index is 13.0. The highest BCUT2D eigenvalue weighted by atomic mass is 32.1. The molecule has 1 N–H and O–H groups in total. The summed E-state index contributed by atoms with van der Waals surface area (Å²) in [6, 6.07) is 12.0. The summed E-state index contributed by atoms with van der Waals surface area (Å²) in [4.78, 5) is 16.6. The van der Waals surface area contributed by atoms with Crippen LogP contribution in [-0.4, -0.2) is 42.7 Å². The van der Waals surface area contributed by atoms with Gasteiger partial charge in [0, 0.05) is 24.6 Å². The fourth-order valence-corrected chi connectivity index (χ4v) is 4.33. The van der Waals surface area contributed by atoms with Gasteiger partial charge in [0.05, 0.1) is 7.11 Å². The van der Waals surface area contributed by atoms with E-state index in [9.17, 15) is 4.79 Å². The molecule has 0 radical (unpaired) electrons. The molecule has 5 heteroatoms. The van der Waals surface area contributed by atoms with Gasteiger partial charge in [-0.1, -0.05) is 30.3 Å². The number of methoxy groups -OCH3 is 1. The fraction of sp³-hybridized carbons (Fsp3) is 0.421. The fourth-order valence-electron chi connectivity index (χ4n) is 3.23. The average Bonchev–Trinajstić information content (AvgIpc) is 3.07. The summed E-state index contributed by atoms with van der Waals surface area (Å²) in [7, 11) is 1.61. The van der Waals surface area contributed by atoms with E-state index in [0.29, 0.717) is 16.5 Å². The van der Waals surface area contributed by atoms with Gasteiger partial charge in [-0.25, -0.2) is 0 Å². The third kappa shape index (κ3) is 3.62. The Morgan fingerprint density at radius 3 is 2.88 bits per heavy atom. The van der Waals surface area contributed by atoms with Crippen LogP contribution in [0, 0.1) is 5.92 Å². The van der Waals surface area contributed by atoms with E-state index in [1.165, 1.54) is 11.3 Å². The van der Waals surface area contributed by atoms with Crippen molar-refractivity contribution in [3.8, 4) is 16.2 Å². The molecule has 2 heterocycles. The summed E-state index contributed by atoms with van der Waals surface area (Å²) < 4.78 is 5.46. The number of ether oxygens (including phenoxy) is 1. The summed E-state index contributed by atoms with van der Waals surface area (Å²) in [6.07, 6.45) is 2.84. The maximum absolute atomic E-state index is 13.0. The average molecular weight is 345 g/mol. The minimum atomic E-state index is 0.0432. The molecule has 2 aromatic rings. The predicted molar refractivity (Wildman–Crippen MR) is 96.6 cm³/mol. The number of thiophene rings is 1. The summed E-state index contributed by atoms with van der Waals surface area (Å²) in [5.41, 5.74) is 1.09. The van der Waals surface area contributed by atoms with Gasteiger partial charge in [-0.3, -0.25) is 4.79 Å². The smallest absolute Gasteiger partial charge is 0.267 e. The second kappa shape index (κ2) is 7.81. The number of aliphatic hydroxyl groups excluding tert-OH is 1. The van der Waals surface area contributed by atoms with Crippen LogP contribution in [0.1, 0.15) is 28.9 Å². The lowest BCUT2D eigenvalue weighted by Gasteiger charge is -2.32. The Balaban J connectivity index is 1.83. The van der Waals surface area contributed by atoms with Crippen molar-refractivity contribution in [2.75, 3.05) is 26.8 Å². The Hall–Kier alpha value is -1.85. The highest BCUT2D eigenvalue weighted by molar-refractivity contribution is 7.17. The number of carbonyl (C=O) groups is 1. The third-order valence-corrected chi connectivity index (χ3v) is 5.67. The normalized spacial score (nSPS) is 17.8. The molecule has 1 aromatic heterocycles. The number of carbonyl (C=O) groups excluding carboxylic acids is 1. The number of nitrogens with zero attached hydrogens (tertiary/aromatic N) is 1. The number of hydrogen-bond acceptors (Lipinski definition) is 4. The van der Waals surface area contributed by atoms with Crippen LogP contribution in [0.2, 0.25) is 0 Å². The number of benzene rings is 1. The van der Waals surface area contributed by atoms with Gasteiger partial charge in [0.25, 0.3) is 5.91 Å². The van der Waals surface area contributed by atoms with Crippen LogP contribution >= 0.6 is 11.3 Å². The number of aliphatic hydroxyl groups is 1. The summed E-state index contributed by atoms with van der Waals surface area (Å²) in [6.45, 7) is 1.69. The molecule has 1 fully saturated rings. The molecular formula is C19H23NO3S. The van der Waals surface area contributed by atoms with Gasteiger partial charge < -0.3 is 14.7 Å². The van der Waals surface area contributed by atoms with Crippen molar-refractivity contribution < 1.29 is 14.6 Å². The van der Waals surface area contributed by atoms with E-state index in [1.807, 2.05) is 41.3 Å². The molecule has 1 aliphatic rings. The van der Waals surface area contributed by atoms with Crippen molar-refractivity contribution in [2.45, 2.75) is 19.3 Å². The Labute approximate surface area is 146 Å². The quantitative estimate of drug-likeness (QED) is 0.900. The van der Waals surface area contributed by atoms with Crippen molar-refractivity contribution in [1.29, 1.82) is 0 Å². The highest BCUT2D eigenvalue weighted by Gasteiger charge is 2.27. The third-order valence-electron chi connectivity index (χ3n) is 4.51. The van der Waals surface area contributed by atoms with E-state index in [0.717, 1.165) is 42.8 Å². The first kappa shape index (κ1) is 17.0. The Kier molecular flexibility index (Phi) is 5.53. The molecule has 1 amide bonds. The molecule has 3 rings (SSSR count). The molecule has 4 nitrogen and oxygen atoms in total. The largest absolute Gasteiger partial charge is 0.495 e. The first-order chi connectivity index (χ1) is 11.7. The van der Waals surface area contributed by atoms with Crippen molar-refractivity contribution >= 4 is 17.2 Å². The maximum Gasteiger partial charge on any atom is 0.267 e. The van der Waals surface area contributed by atoms with Crippen LogP contribution in [0.25, 0.3) is 10.4 Å². The number of hydrogen-bond donors (Lipinski definition) is 1. The zero-order valence-electron chi connectivity index (χ0n) is 13.9. The van der Waals surface area contributed by atoms with E-state index in [2.05, 4.69) is 0 Å². The van der Waals surface area contributed by atoms with Gasteiger partial charge in [-0.05, 0) is 36.8 Å². The zero-order valence-corrected chi connectivity index (χ0v) is 14.7. The molecule has 0 aliphatic carbocycles. The molecule has 1 unspecified atom stereocenters. The highest BCUT2D eigenvalue weighted by Crippen LogP contribution is 2.37. The van der Waals surface area contributed by atoms with Crippen LogP contribution in [0.15, 0.2) is 36.4 Å². The predicted octanol–water partition coefficient (Wildman–Crippen LogP) is 3.66. The first-order valence-corrected chi connectivity index (χ1v) is 9.18. The summed E-state index contributed by atoms with van der Waals surface area (Å²) >= 11 is 1.49. The van der Waals surface area contributed by atoms with Crippen LogP contribution < -0.4 is 4.74 Å². The second-order valence-electron chi connectivity index (χ2n) is 6.15. The topological polar surface area (TPSA) is 49.8 Å². The minimum absolute atomic E-state index is 0.0432. The van der Waals surface area contributed by atoms with E-state index in [4.69, 9.17) is 9.84 Å². The number of likely N-dealkylation sites (tertiary alicyclic amines) is 1. The van der Waals surface area contributed by atoms with Gasteiger partial charge in [0.1, 0.15) is 10.6 Å². The molecule has 1 atom stereocenters. The van der Waals surface area contributed by atoms with Gasteiger partial charge >= 0.3 is 0 Å². The molecule has 0 bridgehead atoms. The van der Waals surface area contributed by atoms with Crippen LogP contribution in [0.3, 0.4) is 0 Å². The summed E-state index contributed by atoms with van der Waals surface area (Å²) in [5, 5.41) is 9.15. The van der Waals surface area contributed by atoms with E-state index in [1.54, 1.807) is 7.11 Å². The Morgan fingerprint density at radius 1 is 1.38 bits per heavy atom. The lowest BCUT2D eigenvalue weighted by molar-refractivity contribution is 0.0655. The minimum Gasteiger partial charge on any atom is -0.495 e. The lowest BCUT2D eigenvalue weighted by atomic mass is 9.95. The Bertz CT molecular complexity index is 681. The van der Waals surface area contributed by atoms with Gasteiger partial charge in [0.15, 0.2) is 0 Å². The molecule has 0 spiro atoms. The molecule has 1 saturated heterocycles. The molecular weight excluding hydrogens is 322 g/mol. The molecule has 0 saturated carbocycles. The van der Waals surface area contributed by atoms with E-state index >= 15 is 0 Å². The second-order valence-corrected chi connectivity index (χ2v) is 7.20. The number of amides is 1. The summed E-state index contributed by atoms with van der Waals surface area (Å²) in [5.74, 6) is 1.09. The van der Waals surface area contributed by atoms with Gasteiger partial charge in [-0.15, -0.1) is 11.3 Å². The first-order valence-electron chi connectivity index (χ1n) is 8.36. The number of rotatable bonds is 5. The van der Waals surface area contributed by atoms with Crippen LogP contribution in [0.4, 0.5) is 0 Å². The number of piperidine rings is 1. The van der Waals surface area contributed by atoms with Gasteiger partial charge in [0.2, 0.25) is 0 Å². The van der Waals surface area contributed by atoms with Crippen LogP contribution in [0.5, 0.6) is 5.75 Å². The SMILES string of the molecule is COc1cc(-c2ccccc2)sc1C(=O)N1CCCC(CCO)C1. The van der Waals surface area contributed by atoms with Crippen molar-refractivity contribution in [3.63, 3.8) is 0 Å². The van der Waals surface area contributed by atoms with Crippen molar-refractivity contribution in [1.82, 2.24) is 4.90 Å². The van der Waals surface area contributed by atoms with Crippen molar-refractivity contribution in [3.05, 3.63) is 41.3 Å². The molecule has 1 aromatic carbocycles. The molecule has 24 heavy (non-hydrogen) atoms. The Morgan fingerprint density at radius 2 is 2.17 bits per heavy atom.